The van der Waals surface area contributed by atoms with Crippen molar-refractivity contribution in [3.05, 3.63) is 34.0 Å². The number of fused-ring (bicyclic) bond motifs is 1. The first-order chi connectivity index (χ1) is 7.72. The predicted molar refractivity (Wildman–Crippen MR) is 72.4 cm³/mol. The van der Waals surface area contributed by atoms with Gasteiger partial charge in [-0.15, -0.1) is 0 Å². The van der Waals surface area contributed by atoms with E-state index in [-0.39, 0.29) is 0 Å². The Hall–Kier alpha value is -0.800. The largest absolute Gasteiger partial charge is 0.497 e. The van der Waals surface area contributed by atoms with Gasteiger partial charge >= 0.3 is 0 Å². The number of ether oxygens (including phenoxy) is 1. The molecule has 0 aliphatic rings. The van der Waals surface area contributed by atoms with Gasteiger partial charge in [0.2, 0.25) is 0 Å². The summed E-state index contributed by atoms with van der Waals surface area (Å²) in [6.07, 6.45) is 1.68. The molecule has 1 aromatic heterocycles. The Morgan fingerprint density at radius 2 is 1.94 bits per heavy atom. The maximum absolute atomic E-state index is 5.95. The zero-order chi connectivity index (χ0) is 12.1. The number of hydrogen-bond donors (Lipinski definition) is 0. The second-order valence-corrected chi connectivity index (χ2v) is 4.02. The third-order valence-electron chi connectivity index (χ3n) is 2.00. The number of rotatable bonds is 1. The van der Waals surface area contributed by atoms with Crippen LogP contribution in [0.2, 0.25) is 5.15 Å². The summed E-state index contributed by atoms with van der Waals surface area (Å²) in [4.78, 5) is 4.04. The fourth-order valence-electron chi connectivity index (χ4n) is 1.28. The number of nitrogens with zero attached hydrogens (tertiary/aromatic N) is 1. The molecule has 0 amide bonds. The molecule has 4 heteroatoms. The quantitative estimate of drug-likeness (QED) is 0.713. The van der Waals surface area contributed by atoms with E-state index in [4.69, 9.17) is 16.3 Å². The Morgan fingerprint density at radius 1 is 1.25 bits per heavy atom. The SMILES string of the molecule is CC.COc1ccc2c(Cl)ncc(Br)c2c1. The van der Waals surface area contributed by atoms with Crippen molar-refractivity contribution < 1.29 is 4.74 Å². The van der Waals surface area contributed by atoms with E-state index < -0.39 is 0 Å². The minimum Gasteiger partial charge on any atom is -0.497 e. The molecule has 0 atom stereocenters. The van der Waals surface area contributed by atoms with Crippen LogP contribution in [0.25, 0.3) is 10.8 Å². The molecule has 0 radical (unpaired) electrons. The van der Waals surface area contributed by atoms with E-state index in [1.807, 2.05) is 32.0 Å². The highest BCUT2D eigenvalue weighted by Crippen LogP contribution is 2.30. The molecule has 0 spiro atoms. The van der Waals surface area contributed by atoms with Crippen LogP contribution in [0.5, 0.6) is 5.75 Å². The van der Waals surface area contributed by atoms with E-state index in [0.717, 1.165) is 21.0 Å². The molecule has 0 saturated heterocycles. The van der Waals surface area contributed by atoms with Crippen molar-refractivity contribution >= 4 is 38.3 Å². The summed E-state index contributed by atoms with van der Waals surface area (Å²) < 4.78 is 6.05. The molecular formula is C12H13BrClNO. The fraction of sp³-hybridized carbons (Fsp3) is 0.250. The molecule has 1 aromatic carbocycles. The molecule has 0 bridgehead atoms. The minimum absolute atomic E-state index is 0.505. The molecule has 0 unspecified atom stereocenters. The van der Waals surface area contributed by atoms with Crippen molar-refractivity contribution in [3.8, 4) is 5.75 Å². The van der Waals surface area contributed by atoms with Gasteiger partial charge in [-0.2, -0.15) is 0 Å². The summed E-state index contributed by atoms with van der Waals surface area (Å²) in [5.74, 6) is 0.806. The maximum Gasteiger partial charge on any atom is 0.136 e. The lowest BCUT2D eigenvalue weighted by molar-refractivity contribution is 0.415. The lowest BCUT2D eigenvalue weighted by atomic mass is 10.2. The maximum atomic E-state index is 5.95. The van der Waals surface area contributed by atoms with Crippen molar-refractivity contribution in [2.24, 2.45) is 0 Å². The van der Waals surface area contributed by atoms with Crippen molar-refractivity contribution in [2.75, 3.05) is 7.11 Å². The molecule has 16 heavy (non-hydrogen) atoms. The minimum atomic E-state index is 0.505. The van der Waals surface area contributed by atoms with Gasteiger partial charge in [0.1, 0.15) is 10.9 Å². The molecule has 2 rings (SSSR count). The smallest absolute Gasteiger partial charge is 0.136 e. The molecule has 0 fully saturated rings. The van der Waals surface area contributed by atoms with Crippen molar-refractivity contribution in [1.29, 1.82) is 0 Å². The summed E-state index contributed by atoms with van der Waals surface area (Å²) in [7, 11) is 1.64. The number of pyridine rings is 1. The monoisotopic (exact) mass is 301 g/mol. The van der Waals surface area contributed by atoms with Gasteiger partial charge in [0.05, 0.1) is 7.11 Å². The van der Waals surface area contributed by atoms with Crippen LogP contribution in [-0.4, -0.2) is 12.1 Å². The molecule has 0 aliphatic heterocycles. The number of benzene rings is 1. The molecular weight excluding hydrogens is 289 g/mol. The third kappa shape index (κ3) is 2.66. The van der Waals surface area contributed by atoms with E-state index in [0.29, 0.717) is 5.15 Å². The molecule has 2 aromatic rings. The van der Waals surface area contributed by atoms with E-state index >= 15 is 0 Å². The first-order valence-electron chi connectivity index (χ1n) is 5.00. The van der Waals surface area contributed by atoms with Gasteiger partial charge < -0.3 is 4.74 Å². The van der Waals surface area contributed by atoms with E-state index in [1.165, 1.54) is 0 Å². The average Bonchev–Trinajstić information content (AvgIpc) is 2.36. The number of methoxy groups -OCH3 is 1. The molecule has 86 valence electrons. The topological polar surface area (TPSA) is 22.1 Å². The summed E-state index contributed by atoms with van der Waals surface area (Å²) in [6.45, 7) is 4.00. The van der Waals surface area contributed by atoms with Gasteiger partial charge in [-0.3, -0.25) is 0 Å². The molecule has 0 N–H and O–H groups in total. The van der Waals surface area contributed by atoms with Gasteiger partial charge in [0, 0.05) is 21.4 Å². The average molecular weight is 303 g/mol. The highest BCUT2D eigenvalue weighted by molar-refractivity contribution is 9.10. The van der Waals surface area contributed by atoms with Crippen molar-refractivity contribution in [1.82, 2.24) is 4.98 Å². The first-order valence-corrected chi connectivity index (χ1v) is 6.17. The third-order valence-corrected chi connectivity index (χ3v) is 2.93. The lowest BCUT2D eigenvalue weighted by Gasteiger charge is -2.04. The fourth-order valence-corrected chi connectivity index (χ4v) is 1.92. The normalized spacial score (nSPS) is 9.56. The van der Waals surface area contributed by atoms with Gasteiger partial charge in [-0.25, -0.2) is 4.98 Å². The van der Waals surface area contributed by atoms with Crippen LogP contribution in [0, 0.1) is 0 Å². The molecule has 2 nitrogen and oxygen atoms in total. The van der Waals surface area contributed by atoms with Crippen molar-refractivity contribution in [3.63, 3.8) is 0 Å². The molecule has 1 heterocycles. The van der Waals surface area contributed by atoms with Gasteiger partial charge in [-0.1, -0.05) is 25.4 Å². The molecule has 0 saturated carbocycles. The van der Waals surface area contributed by atoms with Gasteiger partial charge in [-0.05, 0) is 34.1 Å². The Labute approximate surface area is 109 Å². The highest BCUT2D eigenvalue weighted by atomic mass is 79.9. The Kier molecular flexibility index (Phi) is 5.03. The van der Waals surface area contributed by atoms with E-state index in [1.54, 1.807) is 13.3 Å². The van der Waals surface area contributed by atoms with Crippen LogP contribution in [0.3, 0.4) is 0 Å². The number of halogens is 2. The highest BCUT2D eigenvalue weighted by Gasteiger charge is 2.04. The lowest BCUT2D eigenvalue weighted by Crippen LogP contribution is -1.85. The Balaban J connectivity index is 0.000000606. The zero-order valence-corrected chi connectivity index (χ0v) is 11.8. The summed E-state index contributed by atoms with van der Waals surface area (Å²) in [6, 6.07) is 5.68. The number of aromatic nitrogens is 1. The van der Waals surface area contributed by atoms with Crippen LogP contribution >= 0.6 is 27.5 Å². The van der Waals surface area contributed by atoms with Gasteiger partial charge in [0.15, 0.2) is 0 Å². The summed E-state index contributed by atoms with van der Waals surface area (Å²) >= 11 is 9.37. The van der Waals surface area contributed by atoms with E-state index in [2.05, 4.69) is 20.9 Å². The van der Waals surface area contributed by atoms with Crippen LogP contribution in [0.1, 0.15) is 13.8 Å². The number of hydrogen-bond acceptors (Lipinski definition) is 2. The second kappa shape index (κ2) is 6.06. The second-order valence-electron chi connectivity index (χ2n) is 2.81. The first kappa shape index (κ1) is 13.3. The molecule has 0 aliphatic carbocycles. The zero-order valence-electron chi connectivity index (χ0n) is 9.42. The van der Waals surface area contributed by atoms with Crippen LogP contribution < -0.4 is 4.74 Å². The van der Waals surface area contributed by atoms with Crippen LogP contribution in [-0.2, 0) is 0 Å². The van der Waals surface area contributed by atoms with Crippen LogP contribution in [0.4, 0.5) is 0 Å². The van der Waals surface area contributed by atoms with Crippen molar-refractivity contribution in [2.45, 2.75) is 13.8 Å². The van der Waals surface area contributed by atoms with Gasteiger partial charge in [0.25, 0.3) is 0 Å². The standard InChI is InChI=1S/C10H7BrClNO.C2H6/c1-14-6-2-3-7-8(4-6)9(11)5-13-10(7)12;1-2/h2-5H,1H3;1-2H3. The Bertz CT molecular complexity index is 488. The Morgan fingerprint density at radius 3 is 2.56 bits per heavy atom. The van der Waals surface area contributed by atoms with E-state index in [9.17, 15) is 0 Å². The predicted octanol–water partition coefficient (Wildman–Crippen LogP) is 4.69. The van der Waals surface area contributed by atoms with Crippen LogP contribution in [0.15, 0.2) is 28.9 Å². The summed E-state index contributed by atoms with van der Waals surface area (Å²) in [5.41, 5.74) is 0. The summed E-state index contributed by atoms with van der Waals surface area (Å²) in [5, 5.41) is 2.43.